The van der Waals surface area contributed by atoms with Gasteiger partial charge in [-0.2, -0.15) is 0 Å². The largest absolute Gasteiger partial charge is 0.349 e. The summed E-state index contributed by atoms with van der Waals surface area (Å²) >= 11 is 3.14. The number of benzene rings is 1. The van der Waals surface area contributed by atoms with Crippen LogP contribution < -0.4 is 5.32 Å². The van der Waals surface area contributed by atoms with Gasteiger partial charge in [0.15, 0.2) is 0 Å². The van der Waals surface area contributed by atoms with E-state index in [1.807, 2.05) is 0 Å². The predicted molar refractivity (Wildman–Crippen MR) is 83.9 cm³/mol. The molecule has 3 rings (SSSR count). The molecule has 21 heavy (non-hydrogen) atoms. The minimum Gasteiger partial charge on any atom is -0.349 e. The summed E-state index contributed by atoms with van der Waals surface area (Å²) in [6, 6.07) is 4.69. The van der Waals surface area contributed by atoms with E-state index >= 15 is 0 Å². The molecular formula is C14H15BrClNO3S. The number of hydrogen-bond donors (Lipinski definition) is 1. The van der Waals surface area contributed by atoms with Crippen molar-refractivity contribution in [2.24, 2.45) is 11.8 Å². The van der Waals surface area contributed by atoms with Gasteiger partial charge in [0.2, 0.25) is 0 Å². The van der Waals surface area contributed by atoms with Gasteiger partial charge in [0.1, 0.15) is 0 Å². The van der Waals surface area contributed by atoms with Crippen LogP contribution in [0.25, 0.3) is 0 Å². The Morgan fingerprint density at radius 3 is 2.29 bits per heavy atom. The molecule has 1 N–H and O–H groups in total. The van der Waals surface area contributed by atoms with Gasteiger partial charge in [-0.3, -0.25) is 4.79 Å². The quantitative estimate of drug-likeness (QED) is 0.782. The lowest BCUT2D eigenvalue weighted by molar-refractivity contribution is 0.0926. The zero-order valence-corrected chi connectivity index (χ0v) is 14.3. The first-order valence-electron chi connectivity index (χ1n) is 6.91. The number of halogens is 2. The fourth-order valence-electron chi connectivity index (χ4n) is 2.60. The molecule has 0 aromatic heterocycles. The minimum atomic E-state index is -3.88. The second-order valence-electron chi connectivity index (χ2n) is 5.76. The molecule has 2 saturated carbocycles. The predicted octanol–water partition coefficient (Wildman–Crippen LogP) is 3.30. The highest BCUT2D eigenvalue weighted by molar-refractivity contribution is 9.10. The maximum absolute atomic E-state index is 12.3. The highest BCUT2D eigenvalue weighted by Crippen LogP contribution is 2.44. The van der Waals surface area contributed by atoms with E-state index in [9.17, 15) is 13.2 Å². The third-order valence-electron chi connectivity index (χ3n) is 4.01. The molecule has 4 nitrogen and oxygen atoms in total. The Bertz CT molecular complexity index is 671. The van der Waals surface area contributed by atoms with Crippen molar-refractivity contribution in [1.82, 2.24) is 5.32 Å². The molecule has 114 valence electrons. The molecule has 1 aromatic rings. The normalized spacial score (nSPS) is 18.8. The lowest BCUT2D eigenvalue weighted by atomic mass is 10.1. The van der Waals surface area contributed by atoms with Crippen LogP contribution in [-0.4, -0.2) is 20.4 Å². The van der Waals surface area contributed by atoms with E-state index in [2.05, 4.69) is 21.2 Å². The molecule has 0 spiro atoms. The van der Waals surface area contributed by atoms with Crippen molar-refractivity contribution in [2.75, 3.05) is 0 Å². The van der Waals surface area contributed by atoms with Crippen molar-refractivity contribution < 1.29 is 13.2 Å². The van der Waals surface area contributed by atoms with Gasteiger partial charge < -0.3 is 5.32 Å². The summed E-state index contributed by atoms with van der Waals surface area (Å²) in [5.74, 6) is 0.953. The number of nitrogens with one attached hydrogen (secondary N) is 1. The van der Waals surface area contributed by atoms with Gasteiger partial charge in [0, 0.05) is 26.8 Å². The van der Waals surface area contributed by atoms with Gasteiger partial charge in [-0.1, -0.05) is 0 Å². The van der Waals surface area contributed by atoms with Crippen molar-refractivity contribution in [1.29, 1.82) is 0 Å². The summed E-state index contributed by atoms with van der Waals surface area (Å²) in [5, 5.41) is 3.06. The molecule has 0 aliphatic heterocycles. The van der Waals surface area contributed by atoms with E-state index in [4.69, 9.17) is 10.7 Å². The second-order valence-corrected chi connectivity index (χ2v) is 9.15. The van der Waals surface area contributed by atoms with Gasteiger partial charge in [0.05, 0.1) is 4.90 Å². The van der Waals surface area contributed by atoms with Crippen LogP contribution in [0.1, 0.15) is 36.0 Å². The molecule has 0 atom stereocenters. The third kappa shape index (κ3) is 3.60. The summed E-state index contributed by atoms with van der Waals surface area (Å²) in [4.78, 5) is 12.3. The zero-order valence-electron chi connectivity index (χ0n) is 11.2. The fourth-order valence-corrected chi connectivity index (χ4v) is 4.71. The highest BCUT2D eigenvalue weighted by Gasteiger charge is 2.42. The molecule has 0 saturated heterocycles. The smallest absolute Gasteiger partial charge is 0.262 e. The molecule has 7 heteroatoms. The van der Waals surface area contributed by atoms with Crippen LogP contribution in [0.15, 0.2) is 27.6 Å². The van der Waals surface area contributed by atoms with Crippen LogP contribution in [0.3, 0.4) is 0 Å². The number of amides is 1. The molecule has 2 aliphatic carbocycles. The highest BCUT2D eigenvalue weighted by atomic mass is 79.9. The second kappa shape index (κ2) is 5.56. The fraction of sp³-hybridized carbons (Fsp3) is 0.500. The molecule has 1 amide bonds. The SMILES string of the molecule is O=C(NC(C1CC1)C1CC1)c1ccc(Br)c(S(=O)(=O)Cl)c1. The maximum atomic E-state index is 12.3. The summed E-state index contributed by atoms with van der Waals surface area (Å²) < 4.78 is 23.3. The van der Waals surface area contributed by atoms with E-state index < -0.39 is 9.05 Å². The standard InChI is InChI=1S/C14H15BrClNO3S/c15-11-6-5-10(7-12(11)21(16,19)20)14(18)17-13(8-1-2-8)9-3-4-9/h5-9,13H,1-4H2,(H,17,18). The third-order valence-corrected chi connectivity index (χ3v) is 6.33. The van der Waals surface area contributed by atoms with Gasteiger partial charge in [-0.15, -0.1) is 0 Å². The number of hydrogen-bond acceptors (Lipinski definition) is 3. The van der Waals surface area contributed by atoms with E-state index in [0.29, 0.717) is 21.9 Å². The lowest BCUT2D eigenvalue weighted by Gasteiger charge is -2.18. The Labute approximate surface area is 136 Å². The molecule has 2 aliphatic rings. The Hall–Kier alpha value is -0.590. The Morgan fingerprint density at radius 2 is 1.81 bits per heavy atom. The van der Waals surface area contributed by atoms with Crippen molar-refractivity contribution in [2.45, 2.75) is 36.6 Å². The van der Waals surface area contributed by atoms with E-state index in [1.54, 1.807) is 6.07 Å². The molecule has 0 radical (unpaired) electrons. The number of rotatable bonds is 5. The molecule has 1 aromatic carbocycles. The molecule has 2 fully saturated rings. The molecule has 0 unspecified atom stereocenters. The summed E-state index contributed by atoms with van der Waals surface area (Å²) in [6.07, 6.45) is 4.68. The van der Waals surface area contributed by atoms with Crippen LogP contribution in [0.5, 0.6) is 0 Å². The van der Waals surface area contributed by atoms with Gasteiger partial charge in [-0.05, 0) is 71.6 Å². The van der Waals surface area contributed by atoms with E-state index in [-0.39, 0.29) is 16.8 Å². The average molecular weight is 393 g/mol. The van der Waals surface area contributed by atoms with Crippen molar-refractivity contribution in [3.05, 3.63) is 28.2 Å². The monoisotopic (exact) mass is 391 g/mol. The minimum absolute atomic E-state index is 0.0776. The van der Waals surface area contributed by atoms with Crippen LogP contribution in [0, 0.1) is 11.8 Å². The van der Waals surface area contributed by atoms with Crippen LogP contribution >= 0.6 is 26.6 Å². The summed E-state index contributed by atoms with van der Waals surface area (Å²) in [7, 11) is 1.50. The summed E-state index contributed by atoms with van der Waals surface area (Å²) in [5.41, 5.74) is 0.323. The number of carbonyl (C=O) groups excluding carboxylic acids is 1. The van der Waals surface area contributed by atoms with Crippen LogP contribution in [0.2, 0.25) is 0 Å². The molecular weight excluding hydrogens is 378 g/mol. The molecule has 0 heterocycles. The van der Waals surface area contributed by atoms with E-state index in [1.165, 1.54) is 37.8 Å². The summed E-state index contributed by atoms with van der Waals surface area (Å²) in [6.45, 7) is 0. The van der Waals surface area contributed by atoms with Gasteiger partial charge >= 0.3 is 0 Å². The average Bonchev–Trinajstić information content (AvgIpc) is 3.27. The first-order chi connectivity index (χ1) is 9.86. The zero-order chi connectivity index (χ0) is 15.2. The Morgan fingerprint density at radius 1 is 1.24 bits per heavy atom. The first kappa shape index (κ1) is 15.3. The van der Waals surface area contributed by atoms with Crippen LogP contribution in [-0.2, 0) is 9.05 Å². The van der Waals surface area contributed by atoms with E-state index in [0.717, 1.165) is 0 Å². The van der Waals surface area contributed by atoms with Gasteiger partial charge in [0.25, 0.3) is 15.0 Å². The maximum Gasteiger partial charge on any atom is 0.262 e. The molecule has 0 bridgehead atoms. The van der Waals surface area contributed by atoms with Crippen LogP contribution in [0.4, 0.5) is 0 Å². The van der Waals surface area contributed by atoms with Gasteiger partial charge in [-0.25, -0.2) is 8.42 Å². The van der Waals surface area contributed by atoms with Crippen molar-refractivity contribution in [3.63, 3.8) is 0 Å². The first-order valence-corrected chi connectivity index (χ1v) is 10.0. The Kier molecular flexibility index (Phi) is 4.05. The lowest BCUT2D eigenvalue weighted by Crippen LogP contribution is -2.38. The Balaban J connectivity index is 1.81. The number of carbonyl (C=O) groups is 1. The van der Waals surface area contributed by atoms with Crippen molar-refractivity contribution >= 4 is 41.6 Å². The van der Waals surface area contributed by atoms with Crippen molar-refractivity contribution in [3.8, 4) is 0 Å². The topological polar surface area (TPSA) is 63.2 Å².